The fraction of sp³-hybridized carbons (Fsp3) is 0.556. The molecule has 1 fully saturated rings. The third kappa shape index (κ3) is 1.22. The Morgan fingerprint density at radius 2 is 2.38 bits per heavy atom. The van der Waals surface area contributed by atoms with Crippen LogP contribution in [0.25, 0.3) is 0 Å². The van der Waals surface area contributed by atoms with E-state index >= 15 is 0 Å². The fourth-order valence-electron chi connectivity index (χ4n) is 1.78. The highest BCUT2D eigenvalue weighted by molar-refractivity contribution is 5.88. The van der Waals surface area contributed by atoms with Crippen LogP contribution in [0.1, 0.15) is 41.2 Å². The van der Waals surface area contributed by atoms with Gasteiger partial charge in [0.25, 0.3) is 0 Å². The Morgan fingerprint density at radius 1 is 1.69 bits per heavy atom. The van der Waals surface area contributed by atoms with Crippen molar-refractivity contribution in [2.75, 3.05) is 0 Å². The lowest BCUT2D eigenvalue weighted by atomic mass is 9.81. The largest absolute Gasteiger partial charge is 0.478 e. The van der Waals surface area contributed by atoms with Gasteiger partial charge in [-0.1, -0.05) is 6.42 Å². The molecule has 0 bridgehead atoms. The van der Waals surface area contributed by atoms with Gasteiger partial charge in [0.15, 0.2) is 0 Å². The van der Waals surface area contributed by atoms with Crippen molar-refractivity contribution in [2.24, 2.45) is 7.05 Å². The highest BCUT2D eigenvalue weighted by Gasteiger charge is 2.27. The zero-order valence-corrected chi connectivity index (χ0v) is 7.53. The zero-order valence-electron chi connectivity index (χ0n) is 7.53. The predicted octanol–water partition coefficient (Wildman–Crippen LogP) is 1.39. The molecule has 13 heavy (non-hydrogen) atoms. The minimum Gasteiger partial charge on any atom is -0.478 e. The van der Waals surface area contributed by atoms with Crippen LogP contribution in [-0.4, -0.2) is 20.9 Å². The molecule has 4 nitrogen and oxygen atoms in total. The summed E-state index contributed by atoms with van der Waals surface area (Å²) >= 11 is 0. The topological polar surface area (TPSA) is 55.1 Å². The number of carboxylic acid groups (broad SMARTS) is 1. The van der Waals surface area contributed by atoms with Gasteiger partial charge in [-0.3, -0.25) is 4.68 Å². The van der Waals surface area contributed by atoms with Crippen LogP contribution in [0.2, 0.25) is 0 Å². The van der Waals surface area contributed by atoms with E-state index < -0.39 is 5.97 Å². The molecular weight excluding hydrogens is 168 g/mol. The number of carbonyl (C=O) groups is 1. The number of aromatic carboxylic acids is 1. The van der Waals surface area contributed by atoms with Crippen LogP contribution in [0.5, 0.6) is 0 Å². The van der Waals surface area contributed by atoms with Gasteiger partial charge >= 0.3 is 5.97 Å². The van der Waals surface area contributed by atoms with E-state index in [1.54, 1.807) is 11.7 Å². The molecule has 0 aromatic carbocycles. The summed E-state index contributed by atoms with van der Waals surface area (Å²) in [5.41, 5.74) is 1.26. The smallest absolute Gasteiger partial charge is 0.339 e. The van der Waals surface area contributed by atoms with Gasteiger partial charge in [0.05, 0.1) is 11.9 Å². The van der Waals surface area contributed by atoms with Gasteiger partial charge in [-0.15, -0.1) is 0 Å². The number of hydrogen-bond donors (Lipinski definition) is 1. The first-order chi connectivity index (χ1) is 6.20. The van der Waals surface area contributed by atoms with Crippen molar-refractivity contribution in [3.8, 4) is 0 Å². The maximum Gasteiger partial charge on any atom is 0.339 e. The minimum atomic E-state index is -0.866. The van der Waals surface area contributed by atoms with Gasteiger partial charge in [0.1, 0.15) is 5.56 Å². The molecule has 4 heteroatoms. The molecule has 1 aliphatic rings. The average Bonchev–Trinajstić information content (AvgIpc) is 2.30. The molecule has 0 saturated heterocycles. The lowest BCUT2D eigenvalue weighted by Gasteiger charge is -2.25. The van der Waals surface area contributed by atoms with Crippen molar-refractivity contribution in [2.45, 2.75) is 25.2 Å². The zero-order chi connectivity index (χ0) is 9.42. The summed E-state index contributed by atoms with van der Waals surface area (Å²) in [6.07, 6.45) is 4.84. The number of aromatic nitrogens is 2. The summed E-state index contributed by atoms with van der Waals surface area (Å²) in [5, 5.41) is 12.9. The van der Waals surface area contributed by atoms with Crippen LogP contribution in [0.3, 0.4) is 0 Å². The molecule has 0 radical (unpaired) electrons. The molecule has 1 saturated carbocycles. The highest BCUT2D eigenvalue weighted by atomic mass is 16.4. The van der Waals surface area contributed by atoms with Crippen LogP contribution >= 0.6 is 0 Å². The third-order valence-corrected chi connectivity index (χ3v) is 2.71. The Morgan fingerprint density at radius 3 is 2.85 bits per heavy atom. The van der Waals surface area contributed by atoms with Crippen molar-refractivity contribution in [1.82, 2.24) is 9.78 Å². The van der Waals surface area contributed by atoms with E-state index in [4.69, 9.17) is 5.11 Å². The Bertz CT molecular complexity index is 339. The summed E-state index contributed by atoms with van der Waals surface area (Å²) in [7, 11) is 1.81. The first-order valence-corrected chi connectivity index (χ1v) is 4.45. The van der Waals surface area contributed by atoms with Crippen molar-refractivity contribution in [1.29, 1.82) is 0 Å². The van der Waals surface area contributed by atoms with E-state index in [1.165, 1.54) is 12.6 Å². The van der Waals surface area contributed by atoms with E-state index in [9.17, 15) is 4.79 Å². The number of hydrogen-bond acceptors (Lipinski definition) is 2. The SMILES string of the molecule is Cn1ncc(C(=O)O)c1C1CCC1. The second kappa shape index (κ2) is 2.87. The molecular formula is C9H12N2O2. The van der Waals surface area contributed by atoms with Gasteiger partial charge in [-0.2, -0.15) is 5.10 Å². The maximum absolute atomic E-state index is 10.8. The Hall–Kier alpha value is -1.32. The standard InChI is InChI=1S/C9H12N2O2/c1-11-8(6-3-2-4-6)7(5-10-11)9(12)13/h5-6H,2-4H2,1H3,(H,12,13). The summed E-state index contributed by atoms with van der Waals surface area (Å²) < 4.78 is 1.69. The van der Waals surface area contributed by atoms with E-state index in [1.807, 2.05) is 0 Å². The van der Waals surface area contributed by atoms with Crippen molar-refractivity contribution in [3.63, 3.8) is 0 Å². The lowest BCUT2D eigenvalue weighted by molar-refractivity contribution is 0.0694. The van der Waals surface area contributed by atoms with Gasteiger partial charge in [0.2, 0.25) is 0 Å². The monoisotopic (exact) mass is 180 g/mol. The molecule has 0 atom stereocenters. The highest BCUT2D eigenvalue weighted by Crippen LogP contribution is 2.37. The fourth-order valence-corrected chi connectivity index (χ4v) is 1.78. The van der Waals surface area contributed by atoms with Crippen LogP contribution in [0.4, 0.5) is 0 Å². The van der Waals surface area contributed by atoms with Crippen LogP contribution < -0.4 is 0 Å². The second-order valence-electron chi connectivity index (χ2n) is 3.50. The molecule has 0 aliphatic heterocycles. The van der Waals surface area contributed by atoms with E-state index in [0.717, 1.165) is 18.5 Å². The van der Waals surface area contributed by atoms with E-state index in [-0.39, 0.29) is 0 Å². The number of nitrogens with zero attached hydrogens (tertiary/aromatic N) is 2. The average molecular weight is 180 g/mol. The van der Waals surface area contributed by atoms with Gasteiger partial charge < -0.3 is 5.11 Å². The van der Waals surface area contributed by atoms with Gasteiger partial charge in [-0.05, 0) is 12.8 Å². The molecule has 0 spiro atoms. The maximum atomic E-state index is 10.8. The van der Waals surface area contributed by atoms with Crippen LogP contribution in [-0.2, 0) is 7.05 Å². The van der Waals surface area contributed by atoms with Crippen molar-refractivity contribution in [3.05, 3.63) is 17.5 Å². The van der Waals surface area contributed by atoms with Crippen LogP contribution in [0, 0.1) is 0 Å². The van der Waals surface area contributed by atoms with Crippen molar-refractivity contribution < 1.29 is 9.90 Å². The Labute approximate surface area is 76.2 Å². The first-order valence-electron chi connectivity index (χ1n) is 4.45. The number of rotatable bonds is 2. The molecule has 1 aliphatic carbocycles. The lowest BCUT2D eigenvalue weighted by Crippen LogP contribution is -2.16. The van der Waals surface area contributed by atoms with Crippen molar-refractivity contribution >= 4 is 5.97 Å². The molecule has 0 unspecified atom stereocenters. The summed E-state index contributed by atoms with van der Waals surface area (Å²) in [6, 6.07) is 0. The third-order valence-electron chi connectivity index (χ3n) is 2.71. The molecule has 1 heterocycles. The molecule has 1 N–H and O–H groups in total. The van der Waals surface area contributed by atoms with Gasteiger partial charge in [0, 0.05) is 13.0 Å². The van der Waals surface area contributed by atoms with Gasteiger partial charge in [-0.25, -0.2) is 4.79 Å². The molecule has 1 aromatic heterocycles. The Kier molecular flexibility index (Phi) is 1.83. The molecule has 1 aromatic rings. The predicted molar refractivity (Wildman–Crippen MR) is 46.8 cm³/mol. The van der Waals surface area contributed by atoms with E-state index in [2.05, 4.69) is 5.10 Å². The summed E-state index contributed by atoms with van der Waals surface area (Å²) in [6.45, 7) is 0. The number of carboxylic acids is 1. The summed E-state index contributed by atoms with van der Waals surface area (Å²) in [4.78, 5) is 10.8. The molecule has 70 valence electrons. The molecule has 0 amide bonds. The first kappa shape index (κ1) is 8.29. The van der Waals surface area contributed by atoms with E-state index in [0.29, 0.717) is 11.5 Å². The number of aryl methyl sites for hydroxylation is 1. The summed E-state index contributed by atoms with van der Waals surface area (Å²) in [5.74, 6) is -0.450. The normalized spacial score (nSPS) is 17.0. The minimum absolute atomic E-state index is 0.368. The second-order valence-corrected chi connectivity index (χ2v) is 3.50. The molecule has 2 rings (SSSR count). The quantitative estimate of drug-likeness (QED) is 0.748. The Balaban J connectivity index is 2.39. The van der Waals surface area contributed by atoms with Crippen LogP contribution in [0.15, 0.2) is 6.20 Å².